The molecule has 86 valence electrons. The number of carbonyl (C=O) groups excluding carboxylic acids is 1. The second-order valence-electron chi connectivity index (χ2n) is 4.78. The molecule has 0 fully saturated rings. The van der Waals surface area contributed by atoms with Crippen molar-refractivity contribution in [3.63, 3.8) is 0 Å². The maximum absolute atomic E-state index is 11.4. The van der Waals surface area contributed by atoms with Gasteiger partial charge in [-0.2, -0.15) is 0 Å². The molecule has 1 aromatic carbocycles. The molecule has 17 heavy (non-hydrogen) atoms. The quantitative estimate of drug-likeness (QED) is 0.679. The molecule has 2 aromatic rings. The minimum atomic E-state index is 0.856. The number of hydrogen-bond donors (Lipinski definition) is 0. The highest BCUT2D eigenvalue weighted by atomic mass is 16.1. The van der Waals surface area contributed by atoms with Gasteiger partial charge in [0.15, 0.2) is 6.29 Å². The molecule has 0 bridgehead atoms. The Morgan fingerprint density at radius 3 is 2.76 bits per heavy atom. The summed E-state index contributed by atoms with van der Waals surface area (Å²) in [4.78, 5) is 11.4. The number of allylic oxidation sites excluding steroid dienone is 2. The van der Waals surface area contributed by atoms with Crippen LogP contribution < -0.4 is 0 Å². The predicted octanol–water partition coefficient (Wildman–Crippen LogP) is 3.65. The van der Waals surface area contributed by atoms with Crippen LogP contribution in [0, 0.1) is 0 Å². The van der Waals surface area contributed by atoms with Crippen molar-refractivity contribution in [2.45, 2.75) is 26.8 Å². The van der Waals surface area contributed by atoms with Gasteiger partial charge in [0.2, 0.25) is 0 Å². The standard InChI is InChI=1S/C15H15NO/c1-10(2)11-7-8-16-14-6-4-3-5-12(14)13(9-17)15(11)16/h3-6,9H,7-8H2,1-2H3. The van der Waals surface area contributed by atoms with Crippen molar-refractivity contribution < 1.29 is 4.79 Å². The summed E-state index contributed by atoms with van der Waals surface area (Å²) in [5, 5.41) is 1.08. The number of hydrogen-bond acceptors (Lipinski definition) is 1. The average molecular weight is 225 g/mol. The minimum Gasteiger partial charge on any atom is -0.340 e. The van der Waals surface area contributed by atoms with Gasteiger partial charge in [-0.3, -0.25) is 4.79 Å². The summed E-state index contributed by atoms with van der Waals surface area (Å²) in [6.07, 6.45) is 2.05. The fraction of sp³-hybridized carbons (Fsp3) is 0.267. The number of nitrogens with zero attached hydrogens (tertiary/aromatic N) is 1. The Morgan fingerprint density at radius 2 is 2.06 bits per heavy atom. The topological polar surface area (TPSA) is 22.0 Å². The van der Waals surface area contributed by atoms with Crippen LogP contribution in [0.1, 0.15) is 36.3 Å². The lowest BCUT2D eigenvalue weighted by Gasteiger charge is -2.01. The molecule has 0 radical (unpaired) electrons. The molecule has 0 atom stereocenters. The van der Waals surface area contributed by atoms with E-state index >= 15 is 0 Å². The molecule has 2 heterocycles. The zero-order valence-corrected chi connectivity index (χ0v) is 10.2. The lowest BCUT2D eigenvalue weighted by Crippen LogP contribution is -1.92. The highest BCUT2D eigenvalue weighted by molar-refractivity contribution is 6.04. The van der Waals surface area contributed by atoms with Crippen LogP contribution in [0.2, 0.25) is 0 Å². The number of aromatic nitrogens is 1. The van der Waals surface area contributed by atoms with Crippen molar-refractivity contribution in [2.24, 2.45) is 0 Å². The van der Waals surface area contributed by atoms with Crippen molar-refractivity contribution in [2.75, 3.05) is 0 Å². The van der Waals surface area contributed by atoms with Crippen LogP contribution in [0.25, 0.3) is 16.5 Å². The van der Waals surface area contributed by atoms with Crippen LogP contribution in [-0.4, -0.2) is 10.9 Å². The number of fused-ring (bicyclic) bond motifs is 3. The Hall–Kier alpha value is -1.83. The van der Waals surface area contributed by atoms with Gasteiger partial charge in [0.05, 0.1) is 5.69 Å². The van der Waals surface area contributed by atoms with Crippen LogP contribution in [0.5, 0.6) is 0 Å². The van der Waals surface area contributed by atoms with Gasteiger partial charge in [-0.05, 0) is 31.9 Å². The first-order valence-electron chi connectivity index (χ1n) is 5.97. The van der Waals surface area contributed by atoms with Gasteiger partial charge in [-0.1, -0.05) is 23.8 Å². The second kappa shape index (κ2) is 3.59. The Bertz CT molecular complexity index is 642. The van der Waals surface area contributed by atoms with E-state index in [4.69, 9.17) is 0 Å². The van der Waals surface area contributed by atoms with E-state index in [1.165, 1.54) is 16.7 Å². The maximum Gasteiger partial charge on any atom is 0.152 e. The number of aryl methyl sites for hydroxylation is 1. The summed E-state index contributed by atoms with van der Waals surface area (Å²) >= 11 is 0. The molecule has 1 aliphatic rings. The SMILES string of the molecule is CC(C)=C1CCn2c1c(C=O)c1ccccc12. The first-order chi connectivity index (χ1) is 8.24. The molecule has 3 rings (SSSR count). The van der Waals surface area contributed by atoms with Crippen LogP contribution in [0.15, 0.2) is 29.8 Å². The van der Waals surface area contributed by atoms with Crippen LogP contribution in [-0.2, 0) is 6.54 Å². The van der Waals surface area contributed by atoms with Gasteiger partial charge >= 0.3 is 0 Å². The molecule has 1 aromatic heterocycles. The highest BCUT2D eigenvalue weighted by Crippen LogP contribution is 2.38. The zero-order valence-electron chi connectivity index (χ0n) is 10.2. The third kappa shape index (κ3) is 1.30. The summed E-state index contributed by atoms with van der Waals surface area (Å²) in [6.45, 7) is 5.23. The number of carbonyl (C=O) groups is 1. The molecular formula is C15H15NO. The fourth-order valence-corrected chi connectivity index (χ4v) is 2.84. The summed E-state index contributed by atoms with van der Waals surface area (Å²) in [7, 11) is 0. The summed E-state index contributed by atoms with van der Waals surface area (Å²) < 4.78 is 2.28. The van der Waals surface area contributed by atoms with Crippen LogP contribution in [0.3, 0.4) is 0 Å². The molecule has 0 saturated heterocycles. The van der Waals surface area contributed by atoms with E-state index in [9.17, 15) is 4.79 Å². The highest BCUT2D eigenvalue weighted by Gasteiger charge is 2.24. The molecular weight excluding hydrogens is 210 g/mol. The first-order valence-corrected chi connectivity index (χ1v) is 5.97. The van der Waals surface area contributed by atoms with E-state index in [1.54, 1.807) is 0 Å². The van der Waals surface area contributed by atoms with Crippen molar-refractivity contribution in [3.8, 4) is 0 Å². The fourth-order valence-electron chi connectivity index (χ4n) is 2.84. The number of aldehydes is 1. The Morgan fingerprint density at radius 1 is 1.29 bits per heavy atom. The zero-order chi connectivity index (χ0) is 12.0. The molecule has 0 amide bonds. The smallest absolute Gasteiger partial charge is 0.152 e. The average Bonchev–Trinajstić information content (AvgIpc) is 2.86. The van der Waals surface area contributed by atoms with E-state index in [1.807, 2.05) is 18.2 Å². The van der Waals surface area contributed by atoms with Crippen molar-refractivity contribution in [1.82, 2.24) is 4.57 Å². The summed E-state index contributed by atoms with van der Waals surface area (Å²) in [5.74, 6) is 0. The molecule has 0 unspecified atom stereocenters. The monoisotopic (exact) mass is 225 g/mol. The number of benzene rings is 1. The van der Waals surface area contributed by atoms with Gasteiger partial charge in [-0.15, -0.1) is 0 Å². The van der Waals surface area contributed by atoms with Crippen LogP contribution >= 0.6 is 0 Å². The van der Waals surface area contributed by atoms with E-state index in [2.05, 4.69) is 24.5 Å². The second-order valence-corrected chi connectivity index (χ2v) is 4.78. The van der Waals surface area contributed by atoms with E-state index in [0.29, 0.717) is 0 Å². The molecule has 0 saturated carbocycles. The van der Waals surface area contributed by atoms with Crippen LogP contribution in [0.4, 0.5) is 0 Å². The first kappa shape index (κ1) is 10.3. The summed E-state index contributed by atoms with van der Waals surface area (Å²) in [5.41, 5.74) is 5.83. The third-order valence-electron chi connectivity index (χ3n) is 3.60. The maximum atomic E-state index is 11.4. The normalized spacial score (nSPS) is 14.1. The number of para-hydroxylation sites is 1. The lowest BCUT2D eigenvalue weighted by molar-refractivity contribution is 0.112. The predicted molar refractivity (Wildman–Crippen MR) is 70.2 cm³/mol. The molecule has 2 nitrogen and oxygen atoms in total. The molecule has 0 N–H and O–H groups in total. The molecule has 0 aliphatic carbocycles. The van der Waals surface area contributed by atoms with E-state index in [0.717, 1.165) is 35.9 Å². The van der Waals surface area contributed by atoms with Gasteiger partial charge < -0.3 is 4.57 Å². The summed E-state index contributed by atoms with van der Waals surface area (Å²) in [6, 6.07) is 8.16. The van der Waals surface area contributed by atoms with Crippen molar-refractivity contribution in [1.29, 1.82) is 0 Å². The minimum absolute atomic E-state index is 0.856. The Kier molecular flexibility index (Phi) is 2.18. The van der Waals surface area contributed by atoms with Gasteiger partial charge in [0.25, 0.3) is 0 Å². The largest absolute Gasteiger partial charge is 0.340 e. The third-order valence-corrected chi connectivity index (χ3v) is 3.60. The number of rotatable bonds is 1. The Labute approximate surface area is 101 Å². The Balaban J connectivity index is 2.46. The molecule has 2 heteroatoms. The van der Waals surface area contributed by atoms with Crippen molar-refractivity contribution >= 4 is 22.8 Å². The molecule has 0 spiro atoms. The van der Waals surface area contributed by atoms with Gasteiger partial charge in [0, 0.05) is 23.0 Å². The van der Waals surface area contributed by atoms with E-state index < -0.39 is 0 Å². The van der Waals surface area contributed by atoms with Gasteiger partial charge in [0.1, 0.15) is 0 Å². The molecule has 1 aliphatic heterocycles. The van der Waals surface area contributed by atoms with E-state index in [-0.39, 0.29) is 0 Å². The van der Waals surface area contributed by atoms with Crippen molar-refractivity contribution in [3.05, 3.63) is 41.1 Å². The lowest BCUT2D eigenvalue weighted by atomic mass is 10.0. The van der Waals surface area contributed by atoms with Gasteiger partial charge in [-0.25, -0.2) is 0 Å².